The van der Waals surface area contributed by atoms with Gasteiger partial charge in [-0.2, -0.15) is 0 Å². The standard InChI is InChI=1S/C15H22O2/c1-3-12-6-5-9-15(16,11-12)13-7-4-8-14(10-13)17-2/h4,7-8,10,12,16H,3,5-6,9,11H2,1-2H3. The molecule has 0 heterocycles. The third-order valence-corrected chi connectivity index (χ3v) is 4.01. The van der Waals surface area contributed by atoms with Gasteiger partial charge in [0.15, 0.2) is 0 Å². The highest BCUT2D eigenvalue weighted by molar-refractivity contribution is 5.32. The zero-order valence-corrected chi connectivity index (χ0v) is 10.8. The highest BCUT2D eigenvalue weighted by Gasteiger charge is 2.35. The minimum Gasteiger partial charge on any atom is -0.497 e. The normalized spacial score (nSPS) is 29.0. The molecule has 2 heteroatoms. The molecule has 0 bridgehead atoms. The predicted octanol–water partition coefficient (Wildman–Crippen LogP) is 3.48. The summed E-state index contributed by atoms with van der Waals surface area (Å²) in [5.41, 5.74) is 0.364. The molecule has 0 radical (unpaired) electrons. The van der Waals surface area contributed by atoms with Gasteiger partial charge in [0.2, 0.25) is 0 Å². The van der Waals surface area contributed by atoms with Gasteiger partial charge in [-0.1, -0.05) is 31.9 Å². The Kier molecular flexibility index (Phi) is 3.72. The van der Waals surface area contributed by atoms with Crippen LogP contribution >= 0.6 is 0 Å². The smallest absolute Gasteiger partial charge is 0.119 e. The van der Waals surface area contributed by atoms with E-state index in [2.05, 4.69) is 6.92 Å². The predicted molar refractivity (Wildman–Crippen MR) is 69.1 cm³/mol. The Balaban J connectivity index is 2.23. The second-order valence-electron chi connectivity index (χ2n) is 5.13. The Hall–Kier alpha value is -1.02. The van der Waals surface area contributed by atoms with E-state index < -0.39 is 5.60 Å². The molecular formula is C15H22O2. The average molecular weight is 234 g/mol. The zero-order chi connectivity index (χ0) is 12.3. The molecule has 0 saturated heterocycles. The number of hydrogen-bond acceptors (Lipinski definition) is 2. The van der Waals surface area contributed by atoms with Crippen molar-refractivity contribution in [3.8, 4) is 5.75 Å². The van der Waals surface area contributed by atoms with Crippen LogP contribution in [0, 0.1) is 5.92 Å². The minimum atomic E-state index is -0.645. The molecule has 2 rings (SSSR count). The van der Waals surface area contributed by atoms with Crippen LogP contribution < -0.4 is 4.74 Å². The molecule has 1 aromatic rings. The van der Waals surface area contributed by atoms with Gasteiger partial charge in [0.05, 0.1) is 12.7 Å². The first-order chi connectivity index (χ1) is 8.18. The van der Waals surface area contributed by atoms with E-state index in [1.165, 1.54) is 6.42 Å². The first-order valence-corrected chi connectivity index (χ1v) is 6.55. The summed E-state index contributed by atoms with van der Waals surface area (Å²) in [4.78, 5) is 0. The van der Waals surface area contributed by atoms with Crippen molar-refractivity contribution in [1.29, 1.82) is 0 Å². The van der Waals surface area contributed by atoms with E-state index >= 15 is 0 Å². The molecule has 2 atom stereocenters. The summed E-state index contributed by atoms with van der Waals surface area (Å²) < 4.78 is 5.23. The molecule has 0 spiro atoms. The minimum absolute atomic E-state index is 0.645. The zero-order valence-electron chi connectivity index (χ0n) is 10.8. The lowest BCUT2D eigenvalue weighted by Gasteiger charge is -2.37. The van der Waals surface area contributed by atoms with Crippen LogP contribution in [0.3, 0.4) is 0 Å². The van der Waals surface area contributed by atoms with Crippen molar-refractivity contribution in [1.82, 2.24) is 0 Å². The Morgan fingerprint density at radius 2 is 2.29 bits per heavy atom. The van der Waals surface area contributed by atoms with Crippen molar-refractivity contribution >= 4 is 0 Å². The maximum atomic E-state index is 10.8. The van der Waals surface area contributed by atoms with Gasteiger partial charge in [0.1, 0.15) is 5.75 Å². The molecule has 2 nitrogen and oxygen atoms in total. The second-order valence-corrected chi connectivity index (χ2v) is 5.13. The van der Waals surface area contributed by atoms with Crippen LogP contribution in [-0.2, 0) is 5.60 Å². The topological polar surface area (TPSA) is 29.5 Å². The van der Waals surface area contributed by atoms with Gasteiger partial charge in [-0.3, -0.25) is 0 Å². The summed E-state index contributed by atoms with van der Waals surface area (Å²) in [5.74, 6) is 1.48. The maximum Gasteiger partial charge on any atom is 0.119 e. The number of methoxy groups -OCH3 is 1. The monoisotopic (exact) mass is 234 g/mol. The van der Waals surface area contributed by atoms with Crippen molar-refractivity contribution in [2.45, 2.75) is 44.6 Å². The van der Waals surface area contributed by atoms with Gasteiger partial charge >= 0.3 is 0 Å². The quantitative estimate of drug-likeness (QED) is 0.867. The van der Waals surface area contributed by atoms with Crippen LogP contribution in [0.25, 0.3) is 0 Å². The maximum absolute atomic E-state index is 10.8. The van der Waals surface area contributed by atoms with Gasteiger partial charge in [-0.15, -0.1) is 0 Å². The van der Waals surface area contributed by atoms with E-state index in [1.54, 1.807) is 7.11 Å². The summed E-state index contributed by atoms with van der Waals surface area (Å²) in [6.45, 7) is 2.21. The first kappa shape index (κ1) is 12.4. The molecule has 0 aliphatic heterocycles. The van der Waals surface area contributed by atoms with E-state index in [0.717, 1.165) is 37.0 Å². The number of hydrogen-bond donors (Lipinski definition) is 1. The van der Waals surface area contributed by atoms with Gasteiger partial charge in [0.25, 0.3) is 0 Å². The molecule has 17 heavy (non-hydrogen) atoms. The molecule has 1 fully saturated rings. The second kappa shape index (κ2) is 5.09. The first-order valence-electron chi connectivity index (χ1n) is 6.55. The molecule has 1 aliphatic carbocycles. The molecule has 1 aromatic carbocycles. The van der Waals surface area contributed by atoms with Gasteiger partial charge < -0.3 is 9.84 Å². The van der Waals surface area contributed by atoms with E-state index in [1.807, 2.05) is 24.3 Å². The Labute approximate surface area is 104 Å². The van der Waals surface area contributed by atoms with Crippen molar-refractivity contribution in [3.05, 3.63) is 29.8 Å². The number of benzene rings is 1. The molecular weight excluding hydrogens is 212 g/mol. The fourth-order valence-corrected chi connectivity index (χ4v) is 2.89. The molecule has 0 amide bonds. The summed E-state index contributed by atoms with van der Waals surface area (Å²) in [7, 11) is 1.67. The van der Waals surface area contributed by atoms with Crippen LogP contribution in [0.5, 0.6) is 5.75 Å². The fraction of sp³-hybridized carbons (Fsp3) is 0.600. The summed E-state index contributed by atoms with van der Waals surface area (Å²) in [6, 6.07) is 7.87. The largest absolute Gasteiger partial charge is 0.497 e. The van der Waals surface area contributed by atoms with E-state index in [-0.39, 0.29) is 0 Å². The summed E-state index contributed by atoms with van der Waals surface area (Å²) >= 11 is 0. The number of rotatable bonds is 3. The summed E-state index contributed by atoms with van der Waals surface area (Å²) in [5, 5.41) is 10.8. The highest BCUT2D eigenvalue weighted by Crippen LogP contribution is 2.41. The van der Waals surface area contributed by atoms with Crippen LogP contribution in [0.15, 0.2) is 24.3 Å². The van der Waals surface area contributed by atoms with Crippen molar-refractivity contribution in [3.63, 3.8) is 0 Å². The number of ether oxygens (including phenoxy) is 1. The van der Waals surface area contributed by atoms with Crippen LogP contribution in [0.2, 0.25) is 0 Å². The third kappa shape index (κ3) is 2.63. The van der Waals surface area contributed by atoms with E-state index in [9.17, 15) is 5.11 Å². The lowest BCUT2D eigenvalue weighted by Crippen LogP contribution is -2.32. The van der Waals surface area contributed by atoms with Crippen molar-refractivity contribution < 1.29 is 9.84 Å². The number of aliphatic hydroxyl groups is 1. The van der Waals surface area contributed by atoms with E-state index in [4.69, 9.17) is 4.74 Å². The van der Waals surface area contributed by atoms with Crippen molar-refractivity contribution in [2.75, 3.05) is 7.11 Å². The fourth-order valence-electron chi connectivity index (χ4n) is 2.89. The van der Waals surface area contributed by atoms with E-state index in [0.29, 0.717) is 5.92 Å². The molecule has 0 aromatic heterocycles. The van der Waals surface area contributed by atoms with Crippen molar-refractivity contribution in [2.24, 2.45) is 5.92 Å². The molecule has 1 N–H and O–H groups in total. The van der Waals surface area contributed by atoms with Crippen LogP contribution in [0.1, 0.15) is 44.6 Å². The van der Waals surface area contributed by atoms with Gasteiger partial charge in [-0.05, 0) is 42.9 Å². The average Bonchev–Trinajstić information content (AvgIpc) is 2.39. The Bertz CT molecular complexity index is 375. The molecule has 2 unspecified atom stereocenters. The highest BCUT2D eigenvalue weighted by atomic mass is 16.5. The van der Waals surface area contributed by atoms with Gasteiger partial charge in [-0.25, -0.2) is 0 Å². The molecule has 1 aliphatic rings. The Morgan fingerprint density at radius 1 is 1.47 bits per heavy atom. The van der Waals surface area contributed by atoms with Crippen LogP contribution in [-0.4, -0.2) is 12.2 Å². The van der Waals surface area contributed by atoms with Gasteiger partial charge in [0, 0.05) is 0 Å². The molecule has 94 valence electrons. The SMILES string of the molecule is CCC1CCCC(O)(c2cccc(OC)c2)C1. The lowest BCUT2D eigenvalue weighted by atomic mass is 9.73. The molecule has 1 saturated carbocycles. The Morgan fingerprint density at radius 3 is 3.00 bits per heavy atom. The summed E-state index contributed by atoms with van der Waals surface area (Å²) in [6.07, 6.45) is 5.29. The lowest BCUT2D eigenvalue weighted by molar-refractivity contribution is -0.0218. The van der Waals surface area contributed by atoms with Crippen LogP contribution in [0.4, 0.5) is 0 Å². The third-order valence-electron chi connectivity index (χ3n) is 4.01.